The first-order valence-electron chi connectivity index (χ1n) is 10.5. The van der Waals surface area contributed by atoms with E-state index in [-0.39, 0.29) is 11.7 Å². The molecule has 6 heteroatoms. The van der Waals surface area contributed by atoms with Crippen LogP contribution in [0.25, 0.3) is 22.5 Å². The van der Waals surface area contributed by atoms with Crippen molar-refractivity contribution >= 4 is 23.4 Å². The minimum Gasteiger partial charge on any atom is -0.325 e. The molecule has 0 fully saturated rings. The maximum Gasteiger partial charge on any atom is 0.234 e. The number of hydrogen-bond acceptors (Lipinski definition) is 5. The largest absolute Gasteiger partial charge is 0.325 e. The Bertz CT molecular complexity index is 1180. The van der Waals surface area contributed by atoms with E-state index in [0.717, 1.165) is 28.2 Å². The Morgan fingerprint density at radius 3 is 2.00 bits per heavy atom. The van der Waals surface area contributed by atoms with Crippen LogP contribution in [0.2, 0.25) is 0 Å². The quantitative estimate of drug-likeness (QED) is 0.354. The van der Waals surface area contributed by atoms with Gasteiger partial charge in [0.05, 0.1) is 5.75 Å². The molecule has 1 N–H and O–H groups in total. The van der Waals surface area contributed by atoms with Gasteiger partial charge in [0, 0.05) is 16.8 Å². The Morgan fingerprint density at radius 2 is 1.41 bits per heavy atom. The molecule has 32 heavy (non-hydrogen) atoms. The summed E-state index contributed by atoms with van der Waals surface area (Å²) in [7, 11) is 0. The fourth-order valence-corrected chi connectivity index (χ4v) is 3.83. The summed E-state index contributed by atoms with van der Waals surface area (Å²) in [5.74, 6) is 0.550. The first kappa shape index (κ1) is 21.7. The molecular formula is C26H24N4OS. The van der Waals surface area contributed by atoms with Gasteiger partial charge in [0.15, 0.2) is 0 Å². The number of nitrogens with zero attached hydrogens (tertiary/aromatic N) is 3. The van der Waals surface area contributed by atoms with E-state index in [9.17, 15) is 4.79 Å². The summed E-state index contributed by atoms with van der Waals surface area (Å²) in [4.78, 5) is 17.2. The zero-order valence-electron chi connectivity index (χ0n) is 18.0. The van der Waals surface area contributed by atoms with Crippen molar-refractivity contribution in [3.05, 3.63) is 90.5 Å². The van der Waals surface area contributed by atoms with Crippen LogP contribution < -0.4 is 5.32 Å². The van der Waals surface area contributed by atoms with Crippen LogP contribution in [0.15, 0.2) is 90.1 Å². The van der Waals surface area contributed by atoms with Crippen molar-refractivity contribution in [2.45, 2.75) is 24.9 Å². The topological polar surface area (TPSA) is 67.8 Å². The minimum atomic E-state index is -0.107. The average Bonchev–Trinajstić information content (AvgIpc) is 2.84. The van der Waals surface area contributed by atoms with Crippen LogP contribution in [0.4, 0.5) is 5.69 Å². The van der Waals surface area contributed by atoms with Crippen molar-refractivity contribution in [1.29, 1.82) is 0 Å². The molecule has 1 heterocycles. The Balaban J connectivity index is 1.50. The van der Waals surface area contributed by atoms with E-state index in [2.05, 4.69) is 29.4 Å². The fourth-order valence-electron chi connectivity index (χ4n) is 3.24. The van der Waals surface area contributed by atoms with Gasteiger partial charge in [-0.1, -0.05) is 98.4 Å². The number of aromatic nitrogens is 3. The monoisotopic (exact) mass is 440 g/mol. The Kier molecular flexibility index (Phi) is 6.92. The number of anilines is 1. The van der Waals surface area contributed by atoms with E-state index in [1.165, 1.54) is 17.3 Å². The first-order chi connectivity index (χ1) is 15.6. The van der Waals surface area contributed by atoms with Gasteiger partial charge in [0.25, 0.3) is 0 Å². The van der Waals surface area contributed by atoms with E-state index in [1.807, 2.05) is 84.9 Å². The molecule has 0 atom stereocenters. The molecule has 0 unspecified atom stereocenters. The molecule has 4 aromatic rings. The summed E-state index contributed by atoms with van der Waals surface area (Å²) < 4.78 is 0. The Hall–Kier alpha value is -3.51. The lowest BCUT2D eigenvalue weighted by Gasteiger charge is -2.10. The average molecular weight is 441 g/mol. The van der Waals surface area contributed by atoms with E-state index in [1.54, 1.807) is 0 Å². The van der Waals surface area contributed by atoms with Gasteiger partial charge >= 0.3 is 0 Å². The Labute approximate surface area is 192 Å². The lowest BCUT2D eigenvalue weighted by molar-refractivity contribution is -0.113. The van der Waals surface area contributed by atoms with Crippen LogP contribution in [-0.4, -0.2) is 26.8 Å². The SMILES string of the molecule is CC(C)c1ccc(NC(=O)CSc2nnc(-c3ccccc3)c(-c3ccccc3)n2)cc1. The normalized spacial score (nSPS) is 10.8. The molecule has 0 radical (unpaired) electrons. The van der Waals surface area contributed by atoms with Gasteiger partial charge in [0.1, 0.15) is 11.4 Å². The number of carbonyl (C=O) groups excluding carboxylic acids is 1. The van der Waals surface area contributed by atoms with Crippen molar-refractivity contribution in [2.75, 3.05) is 11.1 Å². The highest BCUT2D eigenvalue weighted by atomic mass is 32.2. The second kappa shape index (κ2) is 10.2. The highest BCUT2D eigenvalue weighted by molar-refractivity contribution is 7.99. The van der Waals surface area contributed by atoms with E-state index in [0.29, 0.717) is 11.1 Å². The number of benzene rings is 3. The van der Waals surface area contributed by atoms with Crippen molar-refractivity contribution in [2.24, 2.45) is 0 Å². The van der Waals surface area contributed by atoms with Gasteiger partial charge in [0.2, 0.25) is 11.1 Å². The zero-order valence-corrected chi connectivity index (χ0v) is 18.8. The van der Waals surface area contributed by atoms with E-state index in [4.69, 9.17) is 4.98 Å². The van der Waals surface area contributed by atoms with Crippen molar-refractivity contribution in [3.63, 3.8) is 0 Å². The highest BCUT2D eigenvalue weighted by Gasteiger charge is 2.14. The van der Waals surface area contributed by atoms with Gasteiger partial charge in [-0.15, -0.1) is 10.2 Å². The first-order valence-corrected chi connectivity index (χ1v) is 11.5. The summed E-state index contributed by atoms with van der Waals surface area (Å²) in [5, 5.41) is 12.1. The summed E-state index contributed by atoms with van der Waals surface area (Å²) in [6.45, 7) is 4.29. The van der Waals surface area contributed by atoms with Crippen LogP contribution in [0, 0.1) is 0 Å². The third-order valence-corrected chi connectivity index (χ3v) is 5.79. The summed E-state index contributed by atoms with van der Waals surface area (Å²) in [5.41, 5.74) is 5.39. The van der Waals surface area contributed by atoms with E-state index < -0.39 is 0 Å². The zero-order chi connectivity index (χ0) is 22.3. The molecule has 4 rings (SSSR count). The number of thioether (sulfide) groups is 1. The third kappa shape index (κ3) is 5.39. The van der Waals surface area contributed by atoms with Crippen LogP contribution in [0.3, 0.4) is 0 Å². The molecule has 3 aromatic carbocycles. The van der Waals surface area contributed by atoms with Crippen LogP contribution in [0.5, 0.6) is 0 Å². The lowest BCUT2D eigenvalue weighted by Crippen LogP contribution is -2.14. The summed E-state index contributed by atoms with van der Waals surface area (Å²) in [6.07, 6.45) is 0. The number of rotatable bonds is 7. The van der Waals surface area contributed by atoms with Crippen molar-refractivity contribution in [1.82, 2.24) is 15.2 Å². The maximum atomic E-state index is 12.4. The van der Waals surface area contributed by atoms with Gasteiger partial charge < -0.3 is 5.32 Å². The van der Waals surface area contributed by atoms with Gasteiger partial charge in [-0.3, -0.25) is 4.79 Å². The molecule has 0 spiro atoms. The predicted molar refractivity (Wildman–Crippen MR) is 131 cm³/mol. The summed E-state index contributed by atoms with van der Waals surface area (Å²) in [6, 6.07) is 27.7. The molecule has 0 aliphatic rings. The second-order valence-corrected chi connectivity index (χ2v) is 8.58. The van der Waals surface area contributed by atoms with Crippen LogP contribution >= 0.6 is 11.8 Å². The molecule has 160 valence electrons. The van der Waals surface area contributed by atoms with Crippen LogP contribution in [0.1, 0.15) is 25.3 Å². The number of amides is 1. The van der Waals surface area contributed by atoms with Gasteiger partial charge in [-0.25, -0.2) is 4.98 Å². The highest BCUT2D eigenvalue weighted by Crippen LogP contribution is 2.29. The van der Waals surface area contributed by atoms with Crippen LogP contribution in [-0.2, 0) is 4.79 Å². The molecular weight excluding hydrogens is 416 g/mol. The summed E-state index contributed by atoms with van der Waals surface area (Å²) >= 11 is 1.27. The van der Waals surface area contributed by atoms with Gasteiger partial charge in [-0.05, 0) is 23.6 Å². The van der Waals surface area contributed by atoms with Crippen molar-refractivity contribution < 1.29 is 4.79 Å². The molecule has 0 bridgehead atoms. The second-order valence-electron chi connectivity index (χ2n) is 7.64. The van der Waals surface area contributed by atoms with Gasteiger partial charge in [-0.2, -0.15) is 0 Å². The molecule has 0 saturated heterocycles. The molecule has 0 aliphatic heterocycles. The maximum absolute atomic E-state index is 12.4. The predicted octanol–water partition coefficient (Wildman–Crippen LogP) is 6.06. The smallest absolute Gasteiger partial charge is 0.234 e. The number of hydrogen-bond donors (Lipinski definition) is 1. The fraction of sp³-hybridized carbons (Fsp3) is 0.154. The lowest BCUT2D eigenvalue weighted by atomic mass is 10.0. The molecule has 1 amide bonds. The molecule has 0 saturated carbocycles. The third-order valence-electron chi connectivity index (χ3n) is 4.96. The number of nitrogens with one attached hydrogen (secondary N) is 1. The molecule has 1 aromatic heterocycles. The Morgan fingerprint density at radius 1 is 0.812 bits per heavy atom. The molecule has 5 nitrogen and oxygen atoms in total. The minimum absolute atomic E-state index is 0.107. The number of carbonyl (C=O) groups is 1. The van der Waals surface area contributed by atoms with E-state index >= 15 is 0 Å². The molecule has 0 aliphatic carbocycles. The standard InChI is InChI=1S/C26H24N4OS/c1-18(2)19-13-15-22(16-14-19)27-23(31)17-32-26-28-24(20-9-5-3-6-10-20)25(29-30-26)21-11-7-4-8-12-21/h3-16,18H,17H2,1-2H3,(H,27,31). The van der Waals surface area contributed by atoms with Crippen molar-refractivity contribution in [3.8, 4) is 22.5 Å².